The summed E-state index contributed by atoms with van der Waals surface area (Å²) in [5.74, 6) is -0.425. The fourth-order valence-corrected chi connectivity index (χ4v) is 4.13. The van der Waals surface area contributed by atoms with E-state index in [4.69, 9.17) is 0 Å². The number of carbonyl (C=O) groups excluding carboxylic acids is 3. The first kappa shape index (κ1) is 19.9. The van der Waals surface area contributed by atoms with E-state index in [0.29, 0.717) is 25.3 Å². The number of hydrogen-bond donors (Lipinski definition) is 1. The zero-order valence-corrected chi connectivity index (χ0v) is 17.1. The highest BCUT2D eigenvalue weighted by atomic mass is 16.2. The Bertz CT molecular complexity index is 921. The van der Waals surface area contributed by atoms with Gasteiger partial charge in [-0.25, -0.2) is 0 Å². The number of piperazine rings is 1. The molecule has 2 aliphatic rings. The summed E-state index contributed by atoms with van der Waals surface area (Å²) in [6.07, 6.45) is 0.241. The van der Waals surface area contributed by atoms with Gasteiger partial charge in [-0.1, -0.05) is 18.2 Å². The number of benzene rings is 2. The molecule has 2 heterocycles. The van der Waals surface area contributed by atoms with Gasteiger partial charge in [0.15, 0.2) is 0 Å². The molecule has 156 valence electrons. The van der Waals surface area contributed by atoms with Gasteiger partial charge >= 0.3 is 0 Å². The van der Waals surface area contributed by atoms with Crippen LogP contribution in [0.15, 0.2) is 54.6 Å². The Morgan fingerprint density at radius 3 is 2.20 bits per heavy atom. The third-order valence-corrected chi connectivity index (χ3v) is 5.69. The molecule has 0 radical (unpaired) electrons. The predicted octanol–water partition coefficient (Wildman–Crippen LogP) is 2.35. The Hall–Kier alpha value is -3.35. The molecule has 2 saturated heterocycles. The normalized spacial score (nSPS) is 19.2. The van der Waals surface area contributed by atoms with Crippen LogP contribution in [-0.4, -0.2) is 55.3 Å². The van der Waals surface area contributed by atoms with Gasteiger partial charge in [-0.3, -0.25) is 14.4 Å². The number of hydrogen-bond acceptors (Lipinski definition) is 4. The lowest BCUT2D eigenvalue weighted by molar-refractivity contribution is -0.136. The number of carbonyl (C=O) groups is 3. The molecule has 0 saturated carbocycles. The van der Waals surface area contributed by atoms with Crippen LogP contribution >= 0.6 is 0 Å². The minimum absolute atomic E-state index is 0.0384. The lowest BCUT2D eigenvalue weighted by Gasteiger charge is -2.37. The maximum atomic E-state index is 13.0. The van der Waals surface area contributed by atoms with Crippen LogP contribution in [0.5, 0.6) is 0 Å². The van der Waals surface area contributed by atoms with Crippen LogP contribution in [0.2, 0.25) is 0 Å². The molecule has 2 aromatic carbocycles. The molecule has 7 heteroatoms. The Kier molecular flexibility index (Phi) is 5.70. The lowest BCUT2D eigenvalue weighted by atomic mass is 10.1. The fraction of sp³-hybridized carbons (Fsp3) is 0.348. The summed E-state index contributed by atoms with van der Waals surface area (Å²) in [5.41, 5.74) is 2.61. The monoisotopic (exact) mass is 406 g/mol. The van der Waals surface area contributed by atoms with E-state index < -0.39 is 0 Å². The molecular weight excluding hydrogens is 380 g/mol. The van der Waals surface area contributed by atoms with Gasteiger partial charge in [-0.2, -0.15) is 0 Å². The highest BCUT2D eigenvalue weighted by Gasteiger charge is 2.37. The molecule has 1 N–H and O–H groups in total. The van der Waals surface area contributed by atoms with Crippen molar-refractivity contribution in [2.75, 3.05) is 47.8 Å². The van der Waals surface area contributed by atoms with E-state index in [2.05, 4.69) is 22.3 Å². The van der Waals surface area contributed by atoms with Crippen molar-refractivity contribution in [2.45, 2.75) is 13.3 Å². The zero-order valence-electron chi connectivity index (χ0n) is 17.1. The number of rotatable bonds is 4. The van der Waals surface area contributed by atoms with Crippen molar-refractivity contribution < 1.29 is 14.4 Å². The van der Waals surface area contributed by atoms with Gasteiger partial charge in [0.25, 0.3) is 0 Å². The Labute approximate surface area is 176 Å². The van der Waals surface area contributed by atoms with E-state index >= 15 is 0 Å². The molecule has 7 nitrogen and oxygen atoms in total. The number of amides is 3. The van der Waals surface area contributed by atoms with Gasteiger partial charge in [-0.15, -0.1) is 0 Å². The summed E-state index contributed by atoms with van der Waals surface area (Å²) in [5, 5.41) is 2.71. The van der Waals surface area contributed by atoms with Gasteiger partial charge in [0.2, 0.25) is 17.7 Å². The van der Waals surface area contributed by atoms with Crippen LogP contribution in [0.3, 0.4) is 0 Å². The van der Waals surface area contributed by atoms with Crippen molar-refractivity contribution >= 4 is 34.8 Å². The van der Waals surface area contributed by atoms with Crippen LogP contribution in [0.4, 0.5) is 17.1 Å². The molecule has 0 unspecified atom stereocenters. The smallest absolute Gasteiger partial charge is 0.228 e. The van der Waals surface area contributed by atoms with Gasteiger partial charge in [0.1, 0.15) is 0 Å². The van der Waals surface area contributed by atoms with Crippen LogP contribution in [0.1, 0.15) is 13.3 Å². The second kappa shape index (κ2) is 8.57. The molecular formula is C23H26N4O3. The molecule has 2 aromatic rings. The van der Waals surface area contributed by atoms with Crippen molar-refractivity contribution in [3.63, 3.8) is 0 Å². The molecule has 1 atom stereocenters. The summed E-state index contributed by atoms with van der Waals surface area (Å²) in [6, 6.07) is 17.3. The molecule has 2 aliphatic heterocycles. The minimum Gasteiger partial charge on any atom is -0.368 e. The van der Waals surface area contributed by atoms with Crippen LogP contribution in [0.25, 0.3) is 0 Å². The van der Waals surface area contributed by atoms with Crippen molar-refractivity contribution in [1.29, 1.82) is 0 Å². The van der Waals surface area contributed by atoms with Gasteiger partial charge < -0.3 is 20.0 Å². The fourth-order valence-electron chi connectivity index (χ4n) is 4.13. The van der Waals surface area contributed by atoms with E-state index in [1.165, 1.54) is 12.6 Å². The van der Waals surface area contributed by atoms with Crippen LogP contribution < -0.4 is 15.1 Å². The molecule has 4 rings (SSSR count). The molecule has 0 aromatic heterocycles. The average molecular weight is 406 g/mol. The van der Waals surface area contributed by atoms with Crippen LogP contribution in [0, 0.1) is 5.92 Å². The van der Waals surface area contributed by atoms with E-state index in [-0.39, 0.29) is 30.1 Å². The van der Waals surface area contributed by atoms with Crippen molar-refractivity contribution in [1.82, 2.24) is 4.90 Å². The third-order valence-electron chi connectivity index (χ3n) is 5.69. The van der Waals surface area contributed by atoms with Gasteiger partial charge in [0, 0.05) is 63.1 Å². The number of anilines is 3. The molecule has 2 fully saturated rings. The maximum absolute atomic E-state index is 13.0. The predicted molar refractivity (Wildman–Crippen MR) is 116 cm³/mol. The van der Waals surface area contributed by atoms with Gasteiger partial charge in [-0.05, 0) is 36.4 Å². The Balaban J connectivity index is 1.35. The minimum atomic E-state index is -0.309. The maximum Gasteiger partial charge on any atom is 0.228 e. The first-order valence-corrected chi connectivity index (χ1v) is 10.3. The number of nitrogens with zero attached hydrogens (tertiary/aromatic N) is 3. The third kappa shape index (κ3) is 4.30. The van der Waals surface area contributed by atoms with Crippen molar-refractivity contribution in [2.24, 2.45) is 5.92 Å². The Morgan fingerprint density at radius 2 is 1.57 bits per heavy atom. The van der Waals surface area contributed by atoms with Crippen molar-refractivity contribution in [3.05, 3.63) is 54.6 Å². The first-order chi connectivity index (χ1) is 14.5. The van der Waals surface area contributed by atoms with E-state index in [1.54, 1.807) is 29.2 Å². The highest BCUT2D eigenvalue weighted by Crippen LogP contribution is 2.28. The molecule has 0 spiro atoms. The second-order valence-electron chi connectivity index (χ2n) is 7.78. The topological polar surface area (TPSA) is 73.0 Å². The first-order valence-electron chi connectivity index (χ1n) is 10.3. The van der Waals surface area contributed by atoms with Crippen LogP contribution in [-0.2, 0) is 14.4 Å². The molecule has 30 heavy (non-hydrogen) atoms. The lowest BCUT2D eigenvalue weighted by Crippen LogP contribution is -2.50. The Morgan fingerprint density at radius 1 is 0.900 bits per heavy atom. The second-order valence-corrected chi connectivity index (χ2v) is 7.78. The van der Waals surface area contributed by atoms with Gasteiger partial charge in [0.05, 0.1) is 5.92 Å². The molecule has 0 aliphatic carbocycles. The number of nitrogens with one attached hydrogen (secondary N) is 1. The van der Waals surface area contributed by atoms with Crippen molar-refractivity contribution in [3.8, 4) is 0 Å². The number of para-hydroxylation sites is 1. The largest absolute Gasteiger partial charge is 0.368 e. The zero-order chi connectivity index (χ0) is 21.1. The summed E-state index contributed by atoms with van der Waals surface area (Å²) < 4.78 is 0. The van der Waals surface area contributed by atoms with E-state index in [0.717, 1.165) is 18.8 Å². The summed E-state index contributed by atoms with van der Waals surface area (Å²) in [4.78, 5) is 42.6. The average Bonchev–Trinajstić information content (AvgIpc) is 3.16. The highest BCUT2D eigenvalue weighted by molar-refractivity contribution is 6.00. The summed E-state index contributed by atoms with van der Waals surface area (Å²) >= 11 is 0. The SMILES string of the molecule is CC(=O)Nc1ccc(N2C[C@H](C(=O)N3CCN(c4ccccc4)CC3)CC2=O)cc1. The van der Waals surface area contributed by atoms with E-state index in [1.807, 2.05) is 23.1 Å². The standard InChI is InChI=1S/C23H26N4O3/c1-17(28)24-19-7-9-21(10-8-19)27-16-18(15-22(27)29)23(30)26-13-11-25(12-14-26)20-5-3-2-4-6-20/h2-10,18H,11-16H2,1H3,(H,24,28)/t18-/m1/s1. The van der Waals surface area contributed by atoms with E-state index in [9.17, 15) is 14.4 Å². The summed E-state index contributed by atoms with van der Waals surface area (Å²) in [6.45, 7) is 4.78. The molecule has 3 amide bonds. The summed E-state index contributed by atoms with van der Waals surface area (Å²) in [7, 11) is 0. The molecule has 0 bridgehead atoms. The quantitative estimate of drug-likeness (QED) is 0.846.